The van der Waals surface area contributed by atoms with Gasteiger partial charge in [-0.1, -0.05) is 85.7 Å². The standard InChI is InChI=1S/C39H62N4O12SSi2/c1-25(2)30(41-35(46)51-22-27-17-15-14-16-18-27)34(45)50-20-19-42-32(44)26(3)21-43(36(42)47)33-31(54-58(12,13)38(7,8)9)39(28(40)24-56(48,49)55-39)29(53-33)23-52-57(10,11)37(4,5)6/h14-18,21,24-25,29-31,33H,19-20,22-23,40H2,1-13H3,(H,41,46)/t29?,30-,31-,33+,39?/m0/s1. The number of carbonyl (C=O) groups excluding carboxylic acids is 2. The van der Waals surface area contributed by atoms with E-state index in [0.29, 0.717) is 0 Å². The Kier molecular flexibility index (Phi) is 13.9. The van der Waals surface area contributed by atoms with Crippen LogP contribution in [-0.2, 0) is 55.3 Å². The molecule has 16 nitrogen and oxygen atoms in total. The van der Waals surface area contributed by atoms with Crippen LogP contribution in [-0.4, -0.2) is 83.3 Å². The van der Waals surface area contributed by atoms with E-state index in [-0.39, 0.29) is 36.1 Å². The molecule has 1 amide bonds. The maximum atomic E-state index is 14.4. The first-order valence-electron chi connectivity index (χ1n) is 19.4. The Morgan fingerprint density at radius 1 is 0.983 bits per heavy atom. The SMILES string of the molecule is Cc1cn([C@@H]2OC(CO[Si](C)(C)C(C)(C)C)C3(OS(=O)(=O)C=C3N)[C@H]2O[Si](C)(C)C(C)(C)C)c(=O)n(CCOC(=O)[C@@H](NC(=O)OCc2ccccc2)C(C)C)c1=O. The molecule has 3 N–H and O–H groups in total. The number of esters is 1. The van der Waals surface area contributed by atoms with Crippen LogP contribution in [0.1, 0.15) is 72.7 Å². The molecule has 0 aliphatic carbocycles. The van der Waals surface area contributed by atoms with E-state index >= 15 is 0 Å². The van der Waals surface area contributed by atoms with Crippen molar-refractivity contribution in [1.82, 2.24) is 14.5 Å². The molecule has 19 heteroatoms. The summed E-state index contributed by atoms with van der Waals surface area (Å²) in [6.07, 6.45) is -3.30. The van der Waals surface area contributed by atoms with E-state index in [2.05, 4.69) is 26.1 Å². The lowest BCUT2D eigenvalue weighted by atomic mass is 9.89. The molecule has 0 bridgehead atoms. The number of nitrogens with two attached hydrogens (primary N) is 1. The number of carbonyl (C=O) groups is 2. The minimum atomic E-state index is -4.32. The number of ether oxygens (including phenoxy) is 3. The van der Waals surface area contributed by atoms with E-state index < -0.39 is 97.7 Å². The predicted molar refractivity (Wildman–Crippen MR) is 223 cm³/mol. The molecule has 2 aliphatic rings. The fourth-order valence-corrected chi connectivity index (χ4v) is 9.58. The van der Waals surface area contributed by atoms with E-state index in [1.165, 1.54) is 17.7 Å². The molecule has 1 spiro atoms. The van der Waals surface area contributed by atoms with E-state index in [4.69, 9.17) is 33.0 Å². The highest BCUT2D eigenvalue weighted by atomic mass is 32.2. The summed E-state index contributed by atoms with van der Waals surface area (Å²) in [5.41, 5.74) is 3.94. The van der Waals surface area contributed by atoms with Gasteiger partial charge in [0.15, 0.2) is 28.5 Å². The Bertz CT molecular complexity index is 2090. The number of benzene rings is 1. The summed E-state index contributed by atoms with van der Waals surface area (Å²) in [5, 5.41) is 2.76. The molecule has 5 atom stereocenters. The molecule has 0 radical (unpaired) electrons. The Morgan fingerprint density at radius 3 is 2.12 bits per heavy atom. The van der Waals surface area contributed by atoms with Crippen molar-refractivity contribution in [2.75, 3.05) is 13.2 Å². The Labute approximate surface area is 343 Å². The van der Waals surface area contributed by atoms with Crippen LogP contribution in [0.5, 0.6) is 0 Å². The molecule has 324 valence electrons. The van der Waals surface area contributed by atoms with Gasteiger partial charge in [0.2, 0.25) is 0 Å². The summed E-state index contributed by atoms with van der Waals surface area (Å²) in [7, 11) is -9.62. The molecular formula is C39H62N4O12SSi2. The van der Waals surface area contributed by atoms with Gasteiger partial charge in [-0.25, -0.2) is 18.6 Å². The van der Waals surface area contributed by atoms with Crippen molar-refractivity contribution < 1.29 is 45.3 Å². The normalized spacial score (nSPS) is 22.9. The summed E-state index contributed by atoms with van der Waals surface area (Å²) in [4.78, 5) is 53.8. The second kappa shape index (κ2) is 17.2. The summed E-state index contributed by atoms with van der Waals surface area (Å²) < 4.78 is 65.3. The molecule has 2 unspecified atom stereocenters. The zero-order valence-corrected chi connectivity index (χ0v) is 38.9. The van der Waals surface area contributed by atoms with Crippen LogP contribution >= 0.6 is 0 Å². The first-order valence-corrected chi connectivity index (χ1v) is 26.7. The van der Waals surface area contributed by atoms with Crippen LogP contribution in [0.3, 0.4) is 0 Å². The number of hydrogen-bond donors (Lipinski definition) is 2. The summed E-state index contributed by atoms with van der Waals surface area (Å²) in [5.74, 6) is -1.18. The van der Waals surface area contributed by atoms with Crippen molar-refractivity contribution >= 4 is 38.8 Å². The first-order chi connectivity index (χ1) is 26.5. The first kappa shape index (κ1) is 47.1. The molecule has 2 aliphatic heterocycles. The lowest BCUT2D eigenvalue weighted by Gasteiger charge is -2.43. The summed E-state index contributed by atoms with van der Waals surface area (Å²) in [6, 6.07) is 7.96. The Morgan fingerprint density at radius 2 is 1.59 bits per heavy atom. The number of rotatable bonds is 14. The van der Waals surface area contributed by atoms with Crippen LogP contribution in [0.2, 0.25) is 36.3 Å². The minimum Gasteiger partial charge on any atom is -0.462 e. The van der Waals surface area contributed by atoms with Gasteiger partial charge in [0.05, 0.1) is 24.3 Å². The maximum Gasteiger partial charge on any atom is 0.408 e. The van der Waals surface area contributed by atoms with Crippen LogP contribution in [0.4, 0.5) is 4.79 Å². The van der Waals surface area contributed by atoms with Crippen LogP contribution < -0.4 is 22.3 Å². The third-order valence-corrected chi connectivity index (χ3v) is 21.7. The van der Waals surface area contributed by atoms with Crippen molar-refractivity contribution in [3.63, 3.8) is 0 Å². The third kappa shape index (κ3) is 10.0. The van der Waals surface area contributed by atoms with E-state index in [1.54, 1.807) is 26.0 Å². The Hall–Kier alpha value is -3.60. The van der Waals surface area contributed by atoms with Crippen molar-refractivity contribution in [3.05, 3.63) is 79.6 Å². The largest absolute Gasteiger partial charge is 0.462 e. The molecule has 1 saturated heterocycles. The van der Waals surface area contributed by atoms with Crippen molar-refractivity contribution in [2.24, 2.45) is 11.7 Å². The second-order valence-corrected chi connectivity index (χ2v) is 29.3. The molecule has 58 heavy (non-hydrogen) atoms. The smallest absolute Gasteiger partial charge is 0.408 e. The maximum absolute atomic E-state index is 14.4. The molecule has 2 aromatic rings. The van der Waals surface area contributed by atoms with Crippen molar-refractivity contribution in [2.45, 2.75) is 142 Å². The van der Waals surface area contributed by atoms with Gasteiger partial charge in [-0.15, -0.1) is 0 Å². The second-order valence-electron chi connectivity index (χ2n) is 18.4. The lowest BCUT2D eigenvalue weighted by molar-refractivity contribution is -0.147. The number of aryl methyl sites for hydroxylation is 1. The fraction of sp³-hybridized carbons (Fsp3) is 0.641. The molecule has 1 aromatic carbocycles. The monoisotopic (exact) mass is 866 g/mol. The number of alkyl carbamates (subject to hydrolysis) is 1. The van der Waals surface area contributed by atoms with Gasteiger partial charge in [-0.05, 0) is 54.7 Å². The highest BCUT2D eigenvalue weighted by molar-refractivity contribution is 7.90. The quantitative estimate of drug-likeness (QED) is 0.146. The minimum absolute atomic E-state index is 0.00206. The zero-order valence-electron chi connectivity index (χ0n) is 36.0. The molecule has 1 fully saturated rings. The molecule has 1 aromatic heterocycles. The van der Waals surface area contributed by atoms with Crippen LogP contribution in [0.25, 0.3) is 0 Å². The molecule has 3 heterocycles. The van der Waals surface area contributed by atoms with E-state index in [1.807, 2.05) is 65.2 Å². The number of nitrogens with one attached hydrogen (secondary N) is 1. The average Bonchev–Trinajstić information content (AvgIpc) is 3.53. The fourth-order valence-electron chi connectivity index (χ4n) is 6.07. The molecular weight excluding hydrogens is 805 g/mol. The predicted octanol–water partition coefficient (Wildman–Crippen LogP) is 5.02. The summed E-state index contributed by atoms with van der Waals surface area (Å²) in [6.45, 7) is 24.2. The highest BCUT2D eigenvalue weighted by Gasteiger charge is 2.67. The van der Waals surface area contributed by atoms with Gasteiger partial charge in [0.1, 0.15) is 31.5 Å². The van der Waals surface area contributed by atoms with Crippen molar-refractivity contribution in [3.8, 4) is 0 Å². The summed E-state index contributed by atoms with van der Waals surface area (Å²) >= 11 is 0. The zero-order chi connectivity index (χ0) is 43.8. The van der Waals surface area contributed by atoms with Gasteiger partial charge < -0.3 is 34.1 Å². The Balaban J connectivity index is 1.69. The van der Waals surface area contributed by atoms with Gasteiger partial charge in [-0.2, -0.15) is 8.42 Å². The van der Waals surface area contributed by atoms with Gasteiger partial charge >= 0.3 is 17.8 Å². The number of amides is 1. The number of aromatic nitrogens is 2. The average molecular weight is 867 g/mol. The van der Waals surface area contributed by atoms with Gasteiger partial charge in [0, 0.05) is 11.8 Å². The number of hydrogen-bond acceptors (Lipinski definition) is 13. The van der Waals surface area contributed by atoms with Crippen molar-refractivity contribution in [1.29, 1.82) is 0 Å². The van der Waals surface area contributed by atoms with E-state index in [9.17, 15) is 27.6 Å². The number of nitrogens with zero attached hydrogens (tertiary/aromatic N) is 2. The molecule has 4 rings (SSSR count). The third-order valence-electron chi connectivity index (χ3n) is 11.7. The van der Waals surface area contributed by atoms with Gasteiger partial charge in [-0.3, -0.25) is 13.9 Å². The van der Waals surface area contributed by atoms with Gasteiger partial charge in [0.25, 0.3) is 15.7 Å². The lowest BCUT2D eigenvalue weighted by Crippen LogP contribution is -2.59. The van der Waals surface area contributed by atoms with Crippen LogP contribution in [0, 0.1) is 12.8 Å². The molecule has 0 saturated carbocycles. The topological polar surface area (TPSA) is 206 Å². The van der Waals surface area contributed by atoms with Crippen LogP contribution in [0.15, 0.2) is 57.2 Å². The van der Waals surface area contributed by atoms with E-state index in [0.717, 1.165) is 15.5 Å². The highest BCUT2D eigenvalue weighted by Crippen LogP contribution is 2.52.